The topological polar surface area (TPSA) is 56.5 Å². The number of fused-ring (bicyclic) bond motifs is 3. The van der Waals surface area contributed by atoms with E-state index in [4.69, 9.17) is 20.1 Å². The molecule has 8 aromatic carbocycles. The highest BCUT2D eigenvalue weighted by Crippen LogP contribution is 2.42. The first-order chi connectivity index (χ1) is 27.3. The molecule has 0 spiro atoms. The quantitative estimate of drug-likeness (QED) is 0.166. The van der Waals surface area contributed by atoms with E-state index < -0.39 is 0 Å². The van der Waals surface area contributed by atoms with Gasteiger partial charge in [-0.3, -0.25) is 0 Å². The fourth-order valence-corrected chi connectivity index (χ4v) is 7.39. The van der Waals surface area contributed by atoms with E-state index in [-0.39, 0.29) is 0 Å². The van der Waals surface area contributed by atoms with E-state index in [0.29, 0.717) is 17.5 Å². The van der Waals surface area contributed by atoms with Crippen LogP contribution < -0.4 is 0 Å². The Morgan fingerprint density at radius 2 is 0.818 bits per heavy atom. The number of nitrogens with zero attached hydrogens (tertiary/aromatic N) is 5. The summed E-state index contributed by atoms with van der Waals surface area (Å²) in [5, 5.41) is 8.88. The van der Waals surface area contributed by atoms with Crippen LogP contribution >= 0.6 is 0 Å². The molecule has 0 N–H and O–H groups in total. The maximum atomic E-state index is 5.42. The molecule has 0 fully saturated rings. The largest absolute Gasteiger partial charge is 0.232 e. The first kappa shape index (κ1) is 32.2. The van der Waals surface area contributed by atoms with Crippen LogP contribution in [0.3, 0.4) is 0 Å². The van der Waals surface area contributed by atoms with Gasteiger partial charge in [-0.05, 0) is 45.8 Å². The minimum atomic E-state index is 0.630. The molecule has 5 nitrogen and oxygen atoms in total. The molecular weight excluding hydrogens is 671 g/mol. The second kappa shape index (κ2) is 13.8. The van der Waals surface area contributed by atoms with Crippen molar-refractivity contribution < 1.29 is 0 Å². The van der Waals surface area contributed by atoms with Crippen LogP contribution in [0.4, 0.5) is 0 Å². The lowest BCUT2D eigenvalue weighted by Crippen LogP contribution is -2.00. The summed E-state index contributed by atoms with van der Waals surface area (Å²) >= 11 is 0. The number of benzene rings is 8. The molecule has 10 aromatic rings. The maximum Gasteiger partial charge on any atom is 0.164 e. The second-order valence-electron chi connectivity index (χ2n) is 13.5. The zero-order valence-corrected chi connectivity index (χ0v) is 29.8. The van der Waals surface area contributed by atoms with Crippen LogP contribution in [0.15, 0.2) is 200 Å². The molecular formula is C50H33N5. The molecule has 0 saturated heterocycles. The van der Waals surface area contributed by atoms with Crippen molar-refractivity contribution in [1.29, 1.82) is 0 Å². The third kappa shape index (κ3) is 6.04. The zero-order valence-electron chi connectivity index (χ0n) is 29.8. The Morgan fingerprint density at radius 3 is 1.42 bits per heavy atom. The maximum absolute atomic E-state index is 5.42. The average Bonchev–Trinajstić information content (AvgIpc) is 3.69. The second-order valence-corrected chi connectivity index (χ2v) is 13.5. The van der Waals surface area contributed by atoms with Gasteiger partial charge in [-0.1, -0.05) is 182 Å². The summed E-state index contributed by atoms with van der Waals surface area (Å²) in [6, 6.07) is 69.3. The minimum absolute atomic E-state index is 0.630. The Hall–Kier alpha value is -7.50. The normalized spacial score (nSPS) is 11.3. The van der Waals surface area contributed by atoms with Crippen molar-refractivity contribution in [2.45, 2.75) is 0 Å². The average molecular weight is 704 g/mol. The van der Waals surface area contributed by atoms with Gasteiger partial charge in [-0.2, -0.15) is 5.10 Å². The van der Waals surface area contributed by atoms with Crippen LogP contribution in [-0.2, 0) is 0 Å². The molecule has 0 unspecified atom stereocenters. The molecule has 0 radical (unpaired) electrons. The van der Waals surface area contributed by atoms with Gasteiger partial charge in [-0.25, -0.2) is 19.6 Å². The van der Waals surface area contributed by atoms with Crippen molar-refractivity contribution in [2.24, 2.45) is 0 Å². The van der Waals surface area contributed by atoms with Gasteiger partial charge < -0.3 is 0 Å². The predicted octanol–water partition coefficient (Wildman–Crippen LogP) is 12.4. The van der Waals surface area contributed by atoms with E-state index in [9.17, 15) is 0 Å². The molecule has 55 heavy (non-hydrogen) atoms. The highest BCUT2D eigenvalue weighted by atomic mass is 15.3. The van der Waals surface area contributed by atoms with Gasteiger partial charge in [0.15, 0.2) is 17.5 Å². The third-order valence-corrected chi connectivity index (χ3v) is 10.1. The molecule has 0 aliphatic heterocycles. The Morgan fingerprint density at radius 1 is 0.345 bits per heavy atom. The van der Waals surface area contributed by atoms with Gasteiger partial charge in [0.2, 0.25) is 0 Å². The highest BCUT2D eigenvalue weighted by molar-refractivity contribution is 6.17. The number of hydrogen-bond acceptors (Lipinski definition) is 4. The van der Waals surface area contributed by atoms with Gasteiger partial charge in [0.05, 0.1) is 11.2 Å². The zero-order chi connectivity index (χ0) is 36.6. The molecule has 0 saturated carbocycles. The molecule has 10 rings (SSSR count). The van der Waals surface area contributed by atoms with Crippen molar-refractivity contribution in [1.82, 2.24) is 24.7 Å². The molecule has 0 atom stereocenters. The van der Waals surface area contributed by atoms with Crippen LogP contribution in [0, 0.1) is 0 Å². The first-order valence-corrected chi connectivity index (χ1v) is 18.4. The summed E-state index contributed by atoms with van der Waals surface area (Å²) in [6.07, 6.45) is 0. The molecule has 0 aliphatic rings. The Balaban J connectivity index is 1.10. The van der Waals surface area contributed by atoms with Gasteiger partial charge in [0.25, 0.3) is 0 Å². The van der Waals surface area contributed by atoms with Crippen LogP contribution in [0.1, 0.15) is 0 Å². The molecule has 0 amide bonds. The van der Waals surface area contributed by atoms with E-state index in [2.05, 4.69) is 144 Å². The van der Waals surface area contributed by atoms with Crippen molar-refractivity contribution in [3.63, 3.8) is 0 Å². The smallest absolute Gasteiger partial charge is 0.164 e. The molecule has 258 valence electrons. The van der Waals surface area contributed by atoms with Crippen molar-refractivity contribution >= 4 is 21.7 Å². The van der Waals surface area contributed by atoms with E-state index in [0.717, 1.165) is 72.2 Å². The lowest BCUT2D eigenvalue weighted by Gasteiger charge is -2.12. The summed E-state index contributed by atoms with van der Waals surface area (Å²) in [5.74, 6) is 1.92. The predicted molar refractivity (Wildman–Crippen MR) is 225 cm³/mol. The standard InChI is InChI=1S/C50H33N5/c1-5-16-35(17-6-1)44-33-41-24-13-14-27-43(41)47-45(44)46(36-18-7-2-8-19-36)54-55(47)42-26-15-25-40(32-42)34-28-30-39(31-29-34)50-52-48(37-20-9-3-10-21-37)51-49(53-50)38-22-11-4-12-23-38/h1-33H. The fourth-order valence-electron chi connectivity index (χ4n) is 7.39. The first-order valence-electron chi connectivity index (χ1n) is 18.4. The SMILES string of the molecule is c1ccc(-c2nc(-c3ccccc3)nc(-c3ccc(-c4cccc(-n5nc(-c6ccccc6)c6c(-c7ccccc7)cc7ccccc7c65)c4)cc3)n2)cc1. The van der Waals surface area contributed by atoms with Crippen LogP contribution in [0.5, 0.6) is 0 Å². The van der Waals surface area contributed by atoms with Crippen LogP contribution in [-0.4, -0.2) is 24.7 Å². The summed E-state index contributed by atoms with van der Waals surface area (Å²) in [5.41, 5.74) is 11.4. The minimum Gasteiger partial charge on any atom is -0.232 e. The highest BCUT2D eigenvalue weighted by Gasteiger charge is 2.21. The molecule has 2 heterocycles. The van der Waals surface area contributed by atoms with Crippen LogP contribution in [0.25, 0.3) is 95.0 Å². The summed E-state index contributed by atoms with van der Waals surface area (Å²) in [6.45, 7) is 0. The van der Waals surface area contributed by atoms with Crippen molar-refractivity contribution in [3.8, 4) is 73.4 Å². The Labute approximate surface area is 318 Å². The summed E-state index contributed by atoms with van der Waals surface area (Å²) < 4.78 is 2.13. The number of hydrogen-bond donors (Lipinski definition) is 0. The van der Waals surface area contributed by atoms with E-state index >= 15 is 0 Å². The fraction of sp³-hybridized carbons (Fsp3) is 0. The monoisotopic (exact) mass is 703 g/mol. The van der Waals surface area contributed by atoms with Gasteiger partial charge in [0.1, 0.15) is 5.69 Å². The van der Waals surface area contributed by atoms with E-state index in [1.165, 1.54) is 5.39 Å². The van der Waals surface area contributed by atoms with Crippen molar-refractivity contribution in [2.75, 3.05) is 0 Å². The molecule has 0 bridgehead atoms. The molecule has 2 aromatic heterocycles. The summed E-state index contributed by atoms with van der Waals surface area (Å²) in [7, 11) is 0. The number of rotatable bonds is 7. The molecule has 5 heteroatoms. The van der Waals surface area contributed by atoms with Gasteiger partial charge in [0, 0.05) is 33.0 Å². The number of aromatic nitrogens is 5. The van der Waals surface area contributed by atoms with Gasteiger partial charge >= 0.3 is 0 Å². The van der Waals surface area contributed by atoms with E-state index in [1.54, 1.807) is 0 Å². The lowest BCUT2D eigenvalue weighted by atomic mass is 9.94. The van der Waals surface area contributed by atoms with E-state index in [1.807, 2.05) is 60.7 Å². The van der Waals surface area contributed by atoms with Gasteiger partial charge in [-0.15, -0.1) is 0 Å². The third-order valence-electron chi connectivity index (χ3n) is 10.1. The van der Waals surface area contributed by atoms with Crippen molar-refractivity contribution in [3.05, 3.63) is 200 Å². The molecule has 0 aliphatic carbocycles. The summed E-state index contributed by atoms with van der Waals surface area (Å²) in [4.78, 5) is 14.7. The van der Waals surface area contributed by atoms with Crippen LogP contribution in [0.2, 0.25) is 0 Å². The lowest BCUT2D eigenvalue weighted by molar-refractivity contribution is 0.918. The Bertz CT molecular complexity index is 2880. The Kier molecular flexibility index (Phi) is 8.08.